The van der Waals surface area contributed by atoms with Crippen LogP contribution in [0.4, 0.5) is 0 Å². The number of rotatable bonds is 3. The molecule has 0 bridgehead atoms. The third-order valence-corrected chi connectivity index (χ3v) is 2.62. The lowest BCUT2D eigenvalue weighted by atomic mass is 10.2. The van der Waals surface area contributed by atoms with Crippen LogP contribution in [-0.2, 0) is 11.3 Å². The highest BCUT2D eigenvalue weighted by Gasteiger charge is 2.14. The van der Waals surface area contributed by atoms with Crippen molar-refractivity contribution in [3.63, 3.8) is 0 Å². The summed E-state index contributed by atoms with van der Waals surface area (Å²) in [5.74, 6) is 0. The summed E-state index contributed by atoms with van der Waals surface area (Å²) in [6, 6.07) is 7.81. The van der Waals surface area contributed by atoms with Crippen molar-refractivity contribution in [3.8, 4) is 0 Å². The zero-order valence-electron chi connectivity index (χ0n) is 8.00. The van der Waals surface area contributed by atoms with Crippen molar-refractivity contribution in [1.29, 1.82) is 0 Å². The Morgan fingerprint density at radius 3 is 3.14 bits per heavy atom. The lowest BCUT2D eigenvalue weighted by Gasteiger charge is -2.10. The fraction of sp³-hybridized carbons (Fsp3) is 0.455. The summed E-state index contributed by atoms with van der Waals surface area (Å²) in [5.41, 5.74) is 1.14. The molecule has 3 heteroatoms. The van der Waals surface area contributed by atoms with Crippen LogP contribution in [0.3, 0.4) is 0 Å². The van der Waals surface area contributed by atoms with E-state index in [1.54, 1.807) is 0 Å². The normalized spacial score (nSPS) is 21.4. The van der Waals surface area contributed by atoms with Gasteiger partial charge in [0.2, 0.25) is 0 Å². The SMILES string of the molecule is Clc1cccc(CO[C@@H]2CCNC2)c1. The highest BCUT2D eigenvalue weighted by molar-refractivity contribution is 6.30. The second-order valence-electron chi connectivity index (χ2n) is 3.56. The largest absolute Gasteiger partial charge is 0.372 e. The number of halogens is 1. The van der Waals surface area contributed by atoms with Crippen molar-refractivity contribution in [2.24, 2.45) is 0 Å². The molecule has 0 spiro atoms. The number of benzene rings is 1. The number of nitrogens with one attached hydrogen (secondary N) is 1. The van der Waals surface area contributed by atoms with Crippen molar-refractivity contribution in [1.82, 2.24) is 5.32 Å². The summed E-state index contributed by atoms with van der Waals surface area (Å²) < 4.78 is 5.72. The second-order valence-corrected chi connectivity index (χ2v) is 3.99. The molecule has 2 rings (SSSR count). The van der Waals surface area contributed by atoms with Gasteiger partial charge in [0.05, 0.1) is 12.7 Å². The van der Waals surface area contributed by atoms with Crippen LogP contribution in [0, 0.1) is 0 Å². The van der Waals surface area contributed by atoms with Gasteiger partial charge in [-0.15, -0.1) is 0 Å². The van der Waals surface area contributed by atoms with E-state index in [1.165, 1.54) is 0 Å². The third-order valence-electron chi connectivity index (χ3n) is 2.39. The zero-order valence-corrected chi connectivity index (χ0v) is 8.76. The first-order valence-electron chi connectivity index (χ1n) is 4.91. The number of ether oxygens (including phenoxy) is 1. The van der Waals surface area contributed by atoms with E-state index < -0.39 is 0 Å². The summed E-state index contributed by atoms with van der Waals surface area (Å²) >= 11 is 5.87. The van der Waals surface area contributed by atoms with Crippen LogP contribution in [0.1, 0.15) is 12.0 Å². The van der Waals surface area contributed by atoms with Crippen LogP contribution in [0.15, 0.2) is 24.3 Å². The Kier molecular flexibility index (Phi) is 3.40. The lowest BCUT2D eigenvalue weighted by molar-refractivity contribution is 0.0542. The smallest absolute Gasteiger partial charge is 0.0721 e. The standard InChI is InChI=1S/C11H14ClNO/c12-10-3-1-2-9(6-10)8-14-11-4-5-13-7-11/h1-3,6,11,13H,4-5,7-8H2/t11-/m1/s1. The topological polar surface area (TPSA) is 21.3 Å². The molecule has 0 unspecified atom stereocenters. The van der Waals surface area contributed by atoms with Gasteiger partial charge in [0, 0.05) is 11.6 Å². The van der Waals surface area contributed by atoms with Gasteiger partial charge in [-0.05, 0) is 30.7 Å². The van der Waals surface area contributed by atoms with Gasteiger partial charge in [0.25, 0.3) is 0 Å². The summed E-state index contributed by atoms with van der Waals surface area (Å²) in [6.07, 6.45) is 1.48. The predicted octanol–water partition coefficient (Wildman–Crippen LogP) is 2.22. The van der Waals surface area contributed by atoms with E-state index in [9.17, 15) is 0 Å². The van der Waals surface area contributed by atoms with Crippen molar-refractivity contribution in [2.45, 2.75) is 19.1 Å². The Bertz CT molecular complexity index is 297. The van der Waals surface area contributed by atoms with Crippen molar-refractivity contribution >= 4 is 11.6 Å². The maximum atomic E-state index is 5.87. The van der Waals surface area contributed by atoms with E-state index >= 15 is 0 Å². The quantitative estimate of drug-likeness (QED) is 0.828. The fourth-order valence-corrected chi connectivity index (χ4v) is 1.82. The van der Waals surface area contributed by atoms with E-state index in [0.717, 1.165) is 30.1 Å². The molecule has 2 nitrogen and oxygen atoms in total. The zero-order chi connectivity index (χ0) is 9.80. The average Bonchev–Trinajstić information content (AvgIpc) is 2.67. The minimum Gasteiger partial charge on any atom is -0.372 e. The van der Waals surface area contributed by atoms with Crippen molar-refractivity contribution in [3.05, 3.63) is 34.9 Å². The lowest BCUT2D eigenvalue weighted by Crippen LogP contribution is -2.16. The molecular formula is C11H14ClNO. The first-order valence-corrected chi connectivity index (χ1v) is 5.29. The summed E-state index contributed by atoms with van der Waals surface area (Å²) in [4.78, 5) is 0. The van der Waals surface area contributed by atoms with Gasteiger partial charge in [0.15, 0.2) is 0 Å². The molecule has 1 aromatic rings. The minimum atomic E-state index is 0.369. The van der Waals surface area contributed by atoms with E-state index in [1.807, 2.05) is 24.3 Å². The molecule has 76 valence electrons. The molecule has 1 aromatic carbocycles. The number of hydrogen-bond acceptors (Lipinski definition) is 2. The molecule has 1 heterocycles. The van der Waals surface area contributed by atoms with Crippen molar-refractivity contribution < 1.29 is 4.74 Å². The molecule has 1 saturated heterocycles. The van der Waals surface area contributed by atoms with Crippen LogP contribution in [-0.4, -0.2) is 19.2 Å². The van der Waals surface area contributed by atoms with Gasteiger partial charge in [-0.3, -0.25) is 0 Å². The van der Waals surface area contributed by atoms with Gasteiger partial charge in [0.1, 0.15) is 0 Å². The molecule has 0 radical (unpaired) electrons. The van der Waals surface area contributed by atoms with Crippen molar-refractivity contribution in [2.75, 3.05) is 13.1 Å². The molecule has 1 N–H and O–H groups in total. The molecule has 1 fully saturated rings. The third kappa shape index (κ3) is 2.71. The first-order chi connectivity index (χ1) is 6.84. The minimum absolute atomic E-state index is 0.369. The van der Waals surface area contributed by atoms with Gasteiger partial charge < -0.3 is 10.1 Å². The van der Waals surface area contributed by atoms with Crippen LogP contribution in [0.2, 0.25) is 5.02 Å². The fourth-order valence-electron chi connectivity index (χ4n) is 1.61. The Morgan fingerprint density at radius 1 is 1.50 bits per heavy atom. The van der Waals surface area contributed by atoms with E-state index in [4.69, 9.17) is 16.3 Å². The Hall–Kier alpha value is -0.570. The molecule has 1 aliphatic rings. The number of hydrogen-bond donors (Lipinski definition) is 1. The maximum Gasteiger partial charge on any atom is 0.0721 e. The van der Waals surface area contributed by atoms with Crippen LogP contribution in [0.25, 0.3) is 0 Å². The monoisotopic (exact) mass is 211 g/mol. The molecule has 0 saturated carbocycles. The van der Waals surface area contributed by atoms with Gasteiger partial charge >= 0.3 is 0 Å². The van der Waals surface area contributed by atoms with E-state index in [-0.39, 0.29) is 0 Å². The van der Waals surface area contributed by atoms with Gasteiger partial charge in [-0.1, -0.05) is 23.7 Å². The molecular weight excluding hydrogens is 198 g/mol. The van der Waals surface area contributed by atoms with E-state index in [0.29, 0.717) is 12.7 Å². The summed E-state index contributed by atoms with van der Waals surface area (Å²) in [6.45, 7) is 2.70. The van der Waals surface area contributed by atoms with Gasteiger partial charge in [-0.2, -0.15) is 0 Å². The van der Waals surface area contributed by atoms with Crippen LogP contribution >= 0.6 is 11.6 Å². The Labute approximate surface area is 89.2 Å². The second kappa shape index (κ2) is 4.78. The van der Waals surface area contributed by atoms with Gasteiger partial charge in [-0.25, -0.2) is 0 Å². The first kappa shape index (κ1) is 9.97. The summed E-state index contributed by atoms with van der Waals surface area (Å²) in [7, 11) is 0. The van der Waals surface area contributed by atoms with E-state index in [2.05, 4.69) is 5.32 Å². The summed E-state index contributed by atoms with van der Waals surface area (Å²) in [5, 5.41) is 4.04. The molecule has 0 aromatic heterocycles. The Morgan fingerprint density at radius 2 is 2.43 bits per heavy atom. The van der Waals surface area contributed by atoms with Crippen LogP contribution in [0.5, 0.6) is 0 Å². The highest BCUT2D eigenvalue weighted by atomic mass is 35.5. The molecule has 1 aliphatic heterocycles. The average molecular weight is 212 g/mol. The highest BCUT2D eigenvalue weighted by Crippen LogP contribution is 2.13. The molecule has 1 atom stereocenters. The molecule has 0 aliphatic carbocycles. The molecule has 0 amide bonds. The maximum absolute atomic E-state index is 5.87. The Balaban J connectivity index is 1.85. The molecule has 14 heavy (non-hydrogen) atoms. The predicted molar refractivity (Wildman–Crippen MR) is 57.5 cm³/mol. The van der Waals surface area contributed by atoms with Crippen LogP contribution < -0.4 is 5.32 Å².